The molecule has 2 amide bonds. The number of esters is 1. The van der Waals surface area contributed by atoms with Gasteiger partial charge < -0.3 is 10.1 Å². The molecule has 1 aromatic carbocycles. The van der Waals surface area contributed by atoms with E-state index < -0.39 is 0 Å². The highest BCUT2D eigenvalue weighted by Gasteiger charge is 2.10. The van der Waals surface area contributed by atoms with Crippen molar-refractivity contribution in [2.75, 3.05) is 6.61 Å². The first-order valence-corrected chi connectivity index (χ1v) is 10.5. The van der Waals surface area contributed by atoms with Gasteiger partial charge in [-0.1, -0.05) is 36.4 Å². The van der Waals surface area contributed by atoms with Crippen LogP contribution in [0.5, 0.6) is 0 Å². The Hall–Kier alpha value is -2.78. The average Bonchev–Trinajstić information content (AvgIpc) is 3.25. The van der Waals surface area contributed by atoms with Crippen LogP contribution in [0, 0.1) is 0 Å². The molecule has 154 valence electrons. The van der Waals surface area contributed by atoms with Gasteiger partial charge in [0.05, 0.1) is 11.5 Å². The van der Waals surface area contributed by atoms with Crippen LogP contribution in [0.3, 0.4) is 0 Å². The molecule has 0 fully saturated rings. The molecule has 0 aliphatic carbocycles. The summed E-state index contributed by atoms with van der Waals surface area (Å²) in [6.07, 6.45) is 2.25. The number of hydrogen-bond donors (Lipinski definition) is 3. The summed E-state index contributed by atoms with van der Waals surface area (Å²) in [6, 6.07) is 13.4. The standard InChI is InChI=1S/C20H23N3O4S2/c24-17(21-20(28)23-22-19(26)16-10-6-14-29-16)11-4-12-18(25)27-13-5-9-15-7-2-1-3-8-15/h1-3,6-8,10,14H,4-5,9,11-13H2,(H,22,26)(H2,21,23,24,28). The third-order valence-electron chi connectivity index (χ3n) is 3.79. The minimum Gasteiger partial charge on any atom is -0.466 e. The highest BCUT2D eigenvalue weighted by molar-refractivity contribution is 7.80. The molecular formula is C20H23N3O4S2. The monoisotopic (exact) mass is 433 g/mol. The van der Waals surface area contributed by atoms with E-state index in [1.54, 1.807) is 17.5 Å². The number of ether oxygens (including phenoxy) is 1. The van der Waals surface area contributed by atoms with E-state index in [1.165, 1.54) is 16.9 Å². The first-order valence-electron chi connectivity index (χ1n) is 9.18. The molecule has 0 aliphatic heterocycles. The topological polar surface area (TPSA) is 96.5 Å². The molecule has 0 saturated carbocycles. The molecule has 3 N–H and O–H groups in total. The fourth-order valence-electron chi connectivity index (χ4n) is 2.38. The van der Waals surface area contributed by atoms with Gasteiger partial charge in [-0.15, -0.1) is 11.3 Å². The van der Waals surface area contributed by atoms with Crippen LogP contribution in [0.15, 0.2) is 47.8 Å². The van der Waals surface area contributed by atoms with E-state index in [9.17, 15) is 14.4 Å². The maximum absolute atomic E-state index is 11.8. The number of rotatable bonds is 9. The first kappa shape index (κ1) is 22.5. The summed E-state index contributed by atoms with van der Waals surface area (Å²) in [4.78, 5) is 35.8. The molecule has 1 heterocycles. The van der Waals surface area contributed by atoms with Crippen molar-refractivity contribution in [1.29, 1.82) is 0 Å². The van der Waals surface area contributed by atoms with Crippen molar-refractivity contribution >= 4 is 46.5 Å². The number of thiophene rings is 1. The van der Waals surface area contributed by atoms with Crippen molar-refractivity contribution in [2.24, 2.45) is 0 Å². The Bertz CT molecular complexity index is 810. The Morgan fingerprint density at radius 2 is 1.76 bits per heavy atom. The van der Waals surface area contributed by atoms with E-state index in [-0.39, 0.29) is 35.7 Å². The third-order valence-corrected chi connectivity index (χ3v) is 4.86. The lowest BCUT2D eigenvalue weighted by molar-refractivity contribution is -0.143. The summed E-state index contributed by atoms with van der Waals surface area (Å²) in [5, 5.41) is 4.21. The number of carbonyl (C=O) groups is 3. The Kier molecular flexibility index (Phi) is 9.81. The maximum Gasteiger partial charge on any atom is 0.305 e. The van der Waals surface area contributed by atoms with Crippen molar-refractivity contribution in [3.05, 3.63) is 58.3 Å². The quantitative estimate of drug-likeness (QED) is 0.244. The third kappa shape index (κ3) is 9.31. The van der Waals surface area contributed by atoms with E-state index in [0.717, 1.165) is 12.8 Å². The van der Waals surface area contributed by atoms with Crippen LogP contribution in [-0.2, 0) is 20.7 Å². The molecule has 0 saturated heterocycles. The highest BCUT2D eigenvalue weighted by Crippen LogP contribution is 2.07. The smallest absolute Gasteiger partial charge is 0.305 e. The second kappa shape index (κ2) is 12.6. The van der Waals surface area contributed by atoms with E-state index in [4.69, 9.17) is 17.0 Å². The molecular weight excluding hydrogens is 410 g/mol. The number of aryl methyl sites for hydroxylation is 1. The summed E-state index contributed by atoms with van der Waals surface area (Å²) < 4.78 is 5.17. The van der Waals surface area contributed by atoms with E-state index in [2.05, 4.69) is 16.2 Å². The minimum absolute atomic E-state index is 0.0107. The van der Waals surface area contributed by atoms with Gasteiger partial charge in [-0.25, -0.2) is 0 Å². The largest absolute Gasteiger partial charge is 0.466 e. The van der Waals surface area contributed by atoms with Crippen LogP contribution in [0.1, 0.15) is 40.9 Å². The number of hydrazine groups is 1. The van der Waals surface area contributed by atoms with Gasteiger partial charge in [0.25, 0.3) is 5.91 Å². The number of amides is 2. The summed E-state index contributed by atoms with van der Waals surface area (Å²) >= 11 is 6.23. The Labute approximate surface area is 178 Å². The SMILES string of the molecule is O=C(CCCC(=O)OCCCc1ccccc1)NC(=S)NNC(=O)c1cccs1. The fourth-order valence-corrected chi connectivity index (χ4v) is 3.16. The molecule has 0 spiro atoms. The van der Waals surface area contributed by atoms with Gasteiger partial charge in [0.1, 0.15) is 0 Å². The average molecular weight is 434 g/mol. The van der Waals surface area contributed by atoms with E-state index >= 15 is 0 Å². The minimum atomic E-state index is -0.343. The molecule has 7 nitrogen and oxygen atoms in total. The number of hydrogen-bond acceptors (Lipinski definition) is 6. The van der Waals surface area contributed by atoms with E-state index in [1.807, 2.05) is 30.3 Å². The molecule has 9 heteroatoms. The molecule has 2 aromatic rings. The molecule has 0 unspecified atom stereocenters. The van der Waals surface area contributed by atoms with Crippen molar-refractivity contribution in [3.63, 3.8) is 0 Å². The molecule has 1 aromatic heterocycles. The Morgan fingerprint density at radius 3 is 2.48 bits per heavy atom. The zero-order valence-corrected chi connectivity index (χ0v) is 17.4. The predicted octanol–water partition coefficient (Wildman–Crippen LogP) is 2.73. The molecule has 0 bridgehead atoms. The van der Waals surface area contributed by atoms with Crippen LogP contribution < -0.4 is 16.2 Å². The Balaban J connectivity index is 1.50. The lowest BCUT2D eigenvalue weighted by atomic mass is 10.1. The lowest BCUT2D eigenvalue weighted by Gasteiger charge is -2.10. The number of nitrogens with one attached hydrogen (secondary N) is 3. The van der Waals surface area contributed by atoms with Gasteiger partial charge in [-0.3, -0.25) is 25.2 Å². The van der Waals surface area contributed by atoms with Gasteiger partial charge in [-0.05, 0) is 48.5 Å². The van der Waals surface area contributed by atoms with Crippen molar-refractivity contribution < 1.29 is 19.1 Å². The normalized spacial score (nSPS) is 10.1. The summed E-state index contributed by atoms with van der Waals surface area (Å²) in [5.41, 5.74) is 6.06. The Morgan fingerprint density at radius 1 is 0.966 bits per heavy atom. The summed E-state index contributed by atoms with van der Waals surface area (Å²) in [5.74, 6) is -1.01. The van der Waals surface area contributed by atoms with Crippen molar-refractivity contribution in [1.82, 2.24) is 16.2 Å². The second-order valence-corrected chi connectivity index (χ2v) is 7.45. The zero-order chi connectivity index (χ0) is 20.9. The molecule has 0 atom stereocenters. The first-order chi connectivity index (χ1) is 14.0. The molecule has 0 radical (unpaired) electrons. The highest BCUT2D eigenvalue weighted by atomic mass is 32.1. The number of benzene rings is 1. The van der Waals surface area contributed by atoms with Gasteiger partial charge in [0.2, 0.25) is 5.91 Å². The maximum atomic E-state index is 11.8. The van der Waals surface area contributed by atoms with Crippen LogP contribution in [0.4, 0.5) is 0 Å². The van der Waals surface area contributed by atoms with Crippen molar-refractivity contribution in [2.45, 2.75) is 32.1 Å². The summed E-state index contributed by atoms with van der Waals surface area (Å²) in [7, 11) is 0. The van der Waals surface area contributed by atoms with Crippen LogP contribution in [0.25, 0.3) is 0 Å². The lowest BCUT2D eigenvalue weighted by Crippen LogP contribution is -2.48. The second-order valence-electron chi connectivity index (χ2n) is 6.10. The molecule has 0 aliphatic rings. The van der Waals surface area contributed by atoms with Crippen LogP contribution in [-0.4, -0.2) is 29.5 Å². The van der Waals surface area contributed by atoms with Gasteiger partial charge >= 0.3 is 5.97 Å². The summed E-state index contributed by atoms with van der Waals surface area (Å²) in [6.45, 7) is 0.359. The zero-order valence-electron chi connectivity index (χ0n) is 15.8. The van der Waals surface area contributed by atoms with Crippen LogP contribution >= 0.6 is 23.6 Å². The molecule has 29 heavy (non-hydrogen) atoms. The number of carbonyl (C=O) groups excluding carboxylic acids is 3. The van der Waals surface area contributed by atoms with E-state index in [0.29, 0.717) is 17.9 Å². The van der Waals surface area contributed by atoms with Gasteiger partial charge in [-0.2, -0.15) is 0 Å². The predicted molar refractivity (Wildman–Crippen MR) is 115 cm³/mol. The van der Waals surface area contributed by atoms with Crippen molar-refractivity contribution in [3.8, 4) is 0 Å². The van der Waals surface area contributed by atoms with Gasteiger partial charge in [0, 0.05) is 12.8 Å². The number of thiocarbonyl (C=S) groups is 1. The molecule has 2 rings (SSSR count). The fraction of sp³-hybridized carbons (Fsp3) is 0.300. The van der Waals surface area contributed by atoms with Crippen LogP contribution in [0.2, 0.25) is 0 Å². The van der Waals surface area contributed by atoms with Gasteiger partial charge in [0.15, 0.2) is 5.11 Å².